The highest BCUT2D eigenvalue weighted by molar-refractivity contribution is 7.15. The average molecular weight is 385 g/mol. The first-order valence-corrected chi connectivity index (χ1v) is 8.97. The fourth-order valence-electron chi connectivity index (χ4n) is 3.34. The lowest BCUT2D eigenvalue weighted by Gasteiger charge is -2.24. The van der Waals surface area contributed by atoms with E-state index in [1.165, 1.54) is 30.3 Å². The summed E-state index contributed by atoms with van der Waals surface area (Å²) in [5.41, 5.74) is 1.49. The third-order valence-corrected chi connectivity index (χ3v) is 5.81. The van der Waals surface area contributed by atoms with Crippen LogP contribution in [0, 0.1) is 11.6 Å². The molecule has 0 bridgehead atoms. The smallest absolute Gasteiger partial charge is 0.346 e. The number of carbonyl (C=O) groups excluding carboxylic acids is 1. The van der Waals surface area contributed by atoms with Crippen molar-refractivity contribution in [2.45, 2.75) is 12.3 Å². The van der Waals surface area contributed by atoms with Gasteiger partial charge in [-0.25, -0.2) is 13.6 Å². The largest absolute Gasteiger partial charge is 0.477 e. The lowest BCUT2D eigenvalue weighted by atomic mass is 9.88. The van der Waals surface area contributed by atoms with Crippen LogP contribution in [-0.4, -0.2) is 17.0 Å². The van der Waals surface area contributed by atoms with Gasteiger partial charge in [-0.15, -0.1) is 11.3 Å². The number of amides is 1. The van der Waals surface area contributed by atoms with Crippen LogP contribution in [0.25, 0.3) is 11.1 Å². The molecule has 2 aromatic carbocycles. The van der Waals surface area contributed by atoms with E-state index in [1.54, 1.807) is 18.2 Å². The van der Waals surface area contributed by atoms with E-state index >= 15 is 0 Å². The average Bonchev–Trinajstić information content (AvgIpc) is 3.02. The number of anilines is 1. The highest BCUT2D eigenvalue weighted by Crippen LogP contribution is 2.49. The first kappa shape index (κ1) is 17.4. The molecule has 1 aliphatic heterocycles. The number of fused-ring (bicyclic) bond motifs is 1. The van der Waals surface area contributed by atoms with Crippen LogP contribution in [-0.2, 0) is 4.79 Å². The second-order valence-corrected chi connectivity index (χ2v) is 7.24. The maximum atomic E-state index is 14.3. The van der Waals surface area contributed by atoms with E-state index in [4.69, 9.17) is 0 Å². The minimum atomic E-state index is -1.16. The number of carboxylic acid groups (broad SMARTS) is 1. The van der Waals surface area contributed by atoms with Crippen molar-refractivity contribution in [3.05, 3.63) is 75.5 Å². The number of thiophene rings is 1. The molecule has 0 aliphatic carbocycles. The summed E-state index contributed by atoms with van der Waals surface area (Å²) in [7, 11) is 0. The normalized spacial score (nSPS) is 15.9. The number of hydrogen-bond acceptors (Lipinski definition) is 3. The van der Waals surface area contributed by atoms with E-state index in [-0.39, 0.29) is 17.2 Å². The molecule has 0 fully saturated rings. The number of carboxylic acids is 1. The second-order valence-electron chi connectivity index (χ2n) is 6.18. The fraction of sp³-hybridized carbons (Fsp3) is 0.100. The zero-order chi connectivity index (χ0) is 19.1. The van der Waals surface area contributed by atoms with Gasteiger partial charge in [0, 0.05) is 22.8 Å². The highest BCUT2D eigenvalue weighted by atomic mass is 32.1. The van der Waals surface area contributed by atoms with Crippen LogP contribution in [0.5, 0.6) is 0 Å². The summed E-state index contributed by atoms with van der Waals surface area (Å²) < 4.78 is 27.6. The van der Waals surface area contributed by atoms with Gasteiger partial charge in [-0.2, -0.15) is 0 Å². The molecule has 0 unspecified atom stereocenters. The van der Waals surface area contributed by atoms with E-state index in [9.17, 15) is 23.5 Å². The maximum Gasteiger partial charge on any atom is 0.346 e. The Morgan fingerprint density at radius 1 is 1.11 bits per heavy atom. The standard InChI is InChI=1S/C20H13F2NO3S/c21-11-7-5-10(6-8-11)16-17-18(27-19(16)20(25)26)13(9-15(24)23-17)12-3-1-2-4-14(12)22/h1-8,13H,9H2,(H,23,24)(H,25,26)/t13-/m0/s1. The molecule has 0 saturated heterocycles. The molecule has 2 N–H and O–H groups in total. The zero-order valence-corrected chi connectivity index (χ0v) is 14.6. The van der Waals surface area contributed by atoms with Gasteiger partial charge in [0.15, 0.2) is 0 Å². The quantitative estimate of drug-likeness (QED) is 0.676. The molecular weight excluding hydrogens is 372 g/mol. The molecule has 0 spiro atoms. The highest BCUT2D eigenvalue weighted by Gasteiger charge is 2.35. The predicted molar refractivity (Wildman–Crippen MR) is 98.2 cm³/mol. The molecule has 4 nitrogen and oxygen atoms in total. The van der Waals surface area contributed by atoms with Crippen LogP contribution < -0.4 is 5.32 Å². The number of carbonyl (C=O) groups is 2. The number of aromatic carboxylic acids is 1. The Morgan fingerprint density at radius 2 is 1.81 bits per heavy atom. The summed E-state index contributed by atoms with van der Waals surface area (Å²) in [4.78, 5) is 24.7. The molecule has 1 atom stereocenters. The molecule has 1 aromatic heterocycles. The molecule has 7 heteroatoms. The molecule has 0 radical (unpaired) electrons. The molecule has 0 saturated carbocycles. The van der Waals surface area contributed by atoms with Crippen molar-refractivity contribution in [1.29, 1.82) is 0 Å². The topological polar surface area (TPSA) is 66.4 Å². The number of rotatable bonds is 3. The van der Waals surface area contributed by atoms with E-state index in [1.807, 2.05) is 0 Å². The van der Waals surface area contributed by atoms with Gasteiger partial charge in [0.05, 0.1) is 5.69 Å². The number of nitrogens with one attached hydrogen (secondary N) is 1. The summed E-state index contributed by atoms with van der Waals surface area (Å²) in [5, 5.41) is 12.4. The first-order chi connectivity index (χ1) is 13.0. The van der Waals surface area contributed by atoms with Gasteiger partial charge in [-0.05, 0) is 29.3 Å². The van der Waals surface area contributed by atoms with E-state index in [0.29, 0.717) is 27.3 Å². The second kappa shape index (κ2) is 6.59. The molecule has 27 heavy (non-hydrogen) atoms. The van der Waals surface area contributed by atoms with Crippen LogP contribution in [0.3, 0.4) is 0 Å². The van der Waals surface area contributed by atoms with Crippen molar-refractivity contribution in [1.82, 2.24) is 0 Å². The molecule has 1 amide bonds. The van der Waals surface area contributed by atoms with Crippen LogP contribution in [0.4, 0.5) is 14.5 Å². The maximum absolute atomic E-state index is 14.3. The Morgan fingerprint density at radius 3 is 2.48 bits per heavy atom. The molecule has 1 aliphatic rings. The van der Waals surface area contributed by atoms with E-state index < -0.39 is 23.5 Å². The number of benzene rings is 2. The summed E-state index contributed by atoms with van der Waals surface area (Å²) in [6, 6.07) is 11.5. The van der Waals surface area contributed by atoms with E-state index in [2.05, 4.69) is 5.32 Å². The van der Waals surface area contributed by atoms with Gasteiger partial charge in [0.25, 0.3) is 0 Å². The van der Waals surface area contributed by atoms with Crippen molar-refractivity contribution in [3.63, 3.8) is 0 Å². The van der Waals surface area contributed by atoms with Crippen LogP contribution in [0.15, 0.2) is 48.5 Å². The van der Waals surface area contributed by atoms with Crippen molar-refractivity contribution < 1.29 is 23.5 Å². The van der Waals surface area contributed by atoms with Gasteiger partial charge >= 0.3 is 5.97 Å². The summed E-state index contributed by atoms with van der Waals surface area (Å²) in [5.74, 6) is -2.96. The summed E-state index contributed by atoms with van der Waals surface area (Å²) in [6.45, 7) is 0. The lowest BCUT2D eigenvalue weighted by Crippen LogP contribution is -2.23. The van der Waals surface area contributed by atoms with Gasteiger partial charge in [-0.3, -0.25) is 4.79 Å². The minimum absolute atomic E-state index is 0.0233. The Balaban J connectivity index is 1.95. The lowest BCUT2D eigenvalue weighted by molar-refractivity contribution is -0.116. The van der Waals surface area contributed by atoms with Crippen LogP contribution in [0.1, 0.15) is 32.5 Å². The molecule has 4 rings (SSSR count). The predicted octanol–water partition coefficient (Wildman–Crippen LogP) is 4.87. The van der Waals surface area contributed by atoms with Gasteiger partial charge in [0.2, 0.25) is 5.91 Å². The third-order valence-electron chi connectivity index (χ3n) is 4.51. The summed E-state index contributed by atoms with van der Waals surface area (Å²) in [6.07, 6.45) is 0.0242. The first-order valence-electron chi connectivity index (χ1n) is 8.16. The molecule has 136 valence electrons. The number of hydrogen-bond donors (Lipinski definition) is 2. The molecular formula is C20H13F2NO3S. The Kier molecular flexibility index (Phi) is 4.24. The van der Waals surface area contributed by atoms with Crippen molar-refractivity contribution in [2.24, 2.45) is 0 Å². The Labute approximate surface area is 157 Å². The van der Waals surface area contributed by atoms with Crippen LogP contribution >= 0.6 is 11.3 Å². The SMILES string of the molecule is O=C1C[C@@H](c2ccccc2F)c2sc(C(=O)O)c(-c3ccc(F)cc3)c2N1. The van der Waals surface area contributed by atoms with E-state index in [0.717, 1.165) is 11.3 Å². The fourth-order valence-corrected chi connectivity index (χ4v) is 4.58. The molecule has 2 heterocycles. The van der Waals surface area contributed by atoms with Crippen molar-refractivity contribution in [3.8, 4) is 11.1 Å². The Hall–Kier alpha value is -3.06. The van der Waals surface area contributed by atoms with Gasteiger partial charge in [-0.1, -0.05) is 30.3 Å². The van der Waals surface area contributed by atoms with Gasteiger partial charge in [0.1, 0.15) is 16.5 Å². The number of halogens is 2. The van der Waals surface area contributed by atoms with Crippen molar-refractivity contribution in [2.75, 3.05) is 5.32 Å². The zero-order valence-electron chi connectivity index (χ0n) is 13.8. The van der Waals surface area contributed by atoms with Crippen molar-refractivity contribution >= 4 is 28.9 Å². The van der Waals surface area contributed by atoms with Gasteiger partial charge < -0.3 is 10.4 Å². The van der Waals surface area contributed by atoms with Crippen LogP contribution in [0.2, 0.25) is 0 Å². The summed E-state index contributed by atoms with van der Waals surface area (Å²) >= 11 is 1.01. The minimum Gasteiger partial charge on any atom is -0.477 e. The monoisotopic (exact) mass is 385 g/mol. The Bertz CT molecular complexity index is 1060. The third kappa shape index (κ3) is 3.00. The molecule has 3 aromatic rings.